The molecule has 0 aliphatic heterocycles. The number of aryl methyl sites for hydroxylation is 1. The van der Waals surface area contributed by atoms with Crippen LogP contribution in [0.5, 0.6) is 0 Å². The van der Waals surface area contributed by atoms with E-state index < -0.39 is 5.97 Å². The van der Waals surface area contributed by atoms with Gasteiger partial charge in [-0.25, -0.2) is 0 Å². The Labute approximate surface area is 120 Å². The summed E-state index contributed by atoms with van der Waals surface area (Å²) in [6, 6.07) is 0. The third-order valence-corrected chi connectivity index (χ3v) is 3.66. The van der Waals surface area contributed by atoms with Gasteiger partial charge in [-0.2, -0.15) is 5.10 Å². The molecule has 20 heavy (non-hydrogen) atoms. The minimum absolute atomic E-state index is 0.0295. The van der Waals surface area contributed by atoms with Crippen molar-refractivity contribution in [3.8, 4) is 0 Å². The molecule has 0 unspecified atom stereocenters. The summed E-state index contributed by atoms with van der Waals surface area (Å²) in [4.78, 5) is 12.5. The van der Waals surface area contributed by atoms with Gasteiger partial charge in [-0.1, -0.05) is 11.8 Å². The lowest BCUT2D eigenvalue weighted by atomic mass is 10.3. The van der Waals surface area contributed by atoms with E-state index in [0.29, 0.717) is 17.6 Å². The number of aromatic nitrogens is 5. The van der Waals surface area contributed by atoms with Crippen LogP contribution in [0.15, 0.2) is 17.6 Å². The lowest BCUT2D eigenvalue weighted by molar-refractivity contribution is -0.133. The molecule has 0 fully saturated rings. The van der Waals surface area contributed by atoms with Crippen LogP contribution in [0.1, 0.15) is 5.56 Å². The first-order valence-corrected chi connectivity index (χ1v) is 6.88. The van der Waals surface area contributed by atoms with Crippen molar-refractivity contribution in [3.63, 3.8) is 0 Å². The molecule has 2 heterocycles. The summed E-state index contributed by atoms with van der Waals surface area (Å²) in [6.45, 7) is 0.656. The molecule has 0 saturated heterocycles. The Hall–Kier alpha value is -2.03. The number of thioether (sulfide) groups is 1. The average Bonchev–Trinajstić information content (AvgIpc) is 2.93. The maximum atomic E-state index is 10.6. The van der Waals surface area contributed by atoms with Gasteiger partial charge >= 0.3 is 5.97 Å². The molecule has 2 aromatic heterocycles. The summed E-state index contributed by atoms with van der Waals surface area (Å²) < 4.78 is 3.53. The molecule has 8 nitrogen and oxygen atoms in total. The summed E-state index contributed by atoms with van der Waals surface area (Å²) in [7, 11) is 5.59. The molecular formula is C11H16N6O2S. The molecule has 0 aromatic carbocycles. The summed E-state index contributed by atoms with van der Waals surface area (Å²) in [6.07, 6.45) is 3.74. The molecule has 0 atom stereocenters. The lowest BCUT2D eigenvalue weighted by Crippen LogP contribution is -2.20. The highest BCUT2D eigenvalue weighted by Gasteiger charge is 2.14. The first kappa shape index (κ1) is 14.4. The van der Waals surface area contributed by atoms with Crippen LogP contribution < -0.4 is 4.90 Å². The first-order chi connectivity index (χ1) is 9.47. The number of carboxylic acid groups (broad SMARTS) is 1. The lowest BCUT2D eigenvalue weighted by Gasteiger charge is -2.16. The summed E-state index contributed by atoms with van der Waals surface area (Å²) >= 11 is 1.15. The minimum atomic E-state index is -0.872. The third-order valence-electron chi connectivity index (χ3n) is 2.66. The van der Waals surface area contributed by atoms with Crippen molar-refractivity contribution in [1.29, 1.82) is 0 Å². The van der Waals surface area contributed by atoms with Gasteiger partial charge in [-0.15, -0.1) is 10.2 Å². The Kier molecular flexibility index (Phi) is 4.28. The van der Waals surface area contributed by atoms with E-state index in [1.165, 1.54) is 0 Å². The SMILES string of the molecule is CN(Cc1cnn(C)c1)c1nnc(SCC(=O)O)n1C. The largest absolute Gasteiger partial charge is 0.481 e. The van der Waals surface area contributed by atoms with Gasteiger partial charge in [-0.3, -0.25) is 14.0 Å². The Balaban J connectivity index is 2.06. The Bertz CT molecular complexity index is 608. The van der Waals surface area contributed by atoms with E-state index in [0.717, 1.165) is 17.3 Å². The molecule has 9 heteroatoms. The highest BCUT2D eigenvalue weighted by molar-refractivity contribution is 7.99. The van der Waals surface area contributed by atoms with Crippen LogP contribution in [0.3, 0.4) is 0 Å². The van der Waals surface area contributed by atoms with E-state index >= 15 is 0 Å². The molecule has 2 aromatic rings. The molecule has 1 N–H and O–H groups in total. The molecule has 0 bridgehead atoms. The van der Waals surface area contributed by atoms with Crippen LogP contribution in [0.4, 0.5) is 5.95 Å². The highest BCUT2D eigenvalue weighted by Crippen LogP contribution is 2.20. The maximum Gasteiger partial charge on any atom is 0.313 e. The van der Waals surface area contributed by atoms with Crippen molar-refractivity contribution >= 4 is 23.7 Å². The molecule has 0 saturated carbocycles. The predicted molar refractivity (Wildman–Crippen MR) is 74.7 cm³/mol. The van der Waals surface area contributed by atoms with E-state index in [1.54, 1.807) is 15.4 Å². The molecule has 0 spiro atoms. The second kappa shape index (κ2) is 5.95. The maximum absolute atomic E-state index is 10.6. The van der Waals surface area contributed by atoms with E-state index in [-0.39, 0.29) is 5.75 Å². The molecule has 0 aliphatic carbocycles. The van der Waals surface area contributed by atoms with Crippen LogP contribution in [0.25, 0.3) is 0 Å². The van der Waals surface area contributed by atoms with Crippen molar-refractivity contribution in [2.75, 3.05) is 17.7 Å². The normalized spacial score (nSPS) is 10.8. The number of aliphatic carboxylic acids is 1. The van der Waals surface area contributed by atoms with E-state index in [4.69, 9.17) is 5.11 Å². The monoisotopic (exact) mass is 296 g/mol. The zero-order valence-electron chi connectivity index (χ0n) is 11.5. The van der Waals surface area contributed by atoms with Crippen molar-refractivity contribution in [3.05, 3.63) is 18.0 Å². The summed E-state index contributed by atoms with van der Waals surface area (Å²) in [5, 5.41) is 21.5. The zero-order chi connectivity index (χ0) is 14.7. The molecule has 0 aliphatic rings. The van der Waals surface area contributed by atoms with Crippen molar-refractivity contribution < 1.29 is 9.90 Å². The van der Waals surface area contributed by atoms with Crippen LogP contribution in [-0.4, -0.2) is 48.4 Å². The number of hydrogen-bond donors (Lipinski definition) is 1. The van der Waals surface area contributed by atoms with Crippen LogP contribution >= 0.6 is 11.8 Å². The van der Waals surface area contributed by atoms with Crippen LogP contribution in [-0.2, 0) is 25.4 Å². The predicted octanol–water partition coefficient (Wildman–Crippen LogP) is 0.362. The van der Waals surface area contributed by atoms with Crippen LogP contribution in [0.2, 0.25) is 0 Å². The minimum Gasteiger partial charge on any atom is -0.481 e. The van der Waals surface area contributed by atoms with Gasteiger partial charge in [-0.05, 0) is 0 Å². The highest BCUT2D eigenvalue weighted by atomic mass is 32.2. The molecule has 108 valence electrons. The van der Waals surface area contributed by atoms with Gasteiger partial charge in [0.2, 0.25) is 5.95 Å². The van der Waals surface area contributed by atoms with E-state index in [9.17, 15) is 4.79 Å². The number of hydrogen-bond acceptors (Lipinski definition) is 6. The Morgan fingerprint density at radius 3 is 2.80 bits per heavy atom. The Morgan fingerprint density at radius 2 is 2.20 bits per heavy atom. The first-order valence-electron chi connectivity index (χ1n) is 5.90. The molecular weight excluding hydrogens is 280 g/mol. The standard InChI is InChI=1S/C11H16N6O2S/c1-15(5-8-4-12-16(2)6-8)10-13-14-11(17(10)3)20-7-9(18)19/h4,6H,5,7H2,1-3H3,(H,18,19). The fourth-order valence-electron chi connectivity index (χ4n) is 1.79. The Morgan fingerprint density at radius 1 is 1.45 bits per heavy atom. The number of carboxylic acids is 1. The number of anilines is 1. The smallest absolute Gasteiger partial charge is 0.313 e. The fourth-order valence-corrected chi connectivity index (χ4v) is 2.42. The van der Waals surface area contributed by atoms with Gasteiger partial charge in [0.1, 0.15) is 0 Å². The summed E-state index contributed by atoms with van der Waals surface area (Å²) in [5.41, 5.74) is 1.07. The number of carbonyl (C=O) groups is 1. The quantitative estimate of drug-likeness (QED) is 0.770. The molecule has 0 amide bonds. The third kappa shape index (κ3) is 3.29. The fraction of sp³-hybridized carbons (Fsp3) is 0.455. The van der Waals surface area contributed by atoms with Gasteiger partial charge in [0.05, 0.1) is 11.9 Å². The molecule has 0 radical (unpaired) electrons. The van der Waals surface area contributed by atoms with Crippen molar-refractivity contribution in [2.45, 2.75) is 11.7 Å². The van der Waals surface area contributed by atoms with E-state index in [2.05, 4.69) is 15.3 Å². The second-order valence-corrected chi connectivity index (χ2v) is 5.34. The van der Waals surface area contributed by atoms with Crippen molar-refractivity contribution in [2.24, 2.45) is 14.1 Å². The van der Waals surface area contributed by atoms with Gasteiger partial charge < -0.3 is 10.0 Å². The number of nitrogens with zero attached hydrogens (tertiary/aromatic N) is 6. The zero-order valence-corrected chi connectivity index (χ0v) is 12.3. The number of rotatable bonds is 6. The van der Waals surface area contributed by atoms with E-state index in [1.807, 2.05) is 32.2 Å². The van der Waals surface area contributed by atoms with Gasteiger partial charge in [0.25, 0.3) is 0 Å². The second-order valence-electron chi connectivity index (χ2n) is 4.40. The molecule has 2 rings (SSSR count). The average molecular weight is 296 g/mol. The van der Waals surface area contributed by atoms with Gasteiger partial charge in [0, 0.05) is 39.4 Å². The van der Waals surface area contributed by atoms with Crippen LogP contribution in [0, 0.1) is 0 Å². The van der Waals surface area contributed by atoms with Gasteiger partial charge in [0.15, 0.2) is 5.16 Å². The van der Waals surface area contributed by atoms with Crippen molar-refractivity contribution in [1.82, 2.24) is 24.5 Å². The topological polar surface area (TPSA) is 89.1 Å². The summed E-state index contributed by atoms with van der Waals surface area (Å²) in [5.74, 6) is -0.219.